The fourth-order valence-corrected chi connectivity index (χ4v) is 2.34. The minimum absolute atomic E-state index is 0.193. The summed E-state index contributed by atoms with van der Waals surface area (Å²) in [6.07, 6.45) is 0. The molecule has 20 heavy (non-hydrogen) atoms. The number of hydrogen-bond acceptors (Lipinski definition) is 2. The molecule has 0 radical (unpaired) electrons. The molecule has 2 N–H and O–H groups in total. The van der Waals surface area contributed by atoms with E-state index in [2.05, 4.69) is 0 Å². The Morgan fingerprint density at radius 1 is 0.850 bits per heavy atom. The molecule has 0 fully saturated rings. The maximum Gasteiger partial charge on any atom is 0.145 e. The van der Waals surface area contributed by atoms with Crippen molar-refractivity contribution in [3.8, 4) is 22.6 Å². The zero-order chi connectivity index (χ0) is 14.3. The van der Waals surface area contributed by atoms with Gasteiger partial charge in [0.15, 0.2) is 0 Å². The molecular formula is C16H10ClFO2. The summed E-state index contributed by atoms with van der Waals surface area (Å²) in [4.78, 5) is 0. The van der Waals surface area contributed by atoms with Gasteiger partial charge in [-0.25, -0.2) is 4.39 Å². The highest BCUT2D eigenvalue weighted by atomic mass is 35.5. The number of phenols is 2. The summed E-state index contributed by atoms with van der Waals surface area (Å²) in [6.45, 7) is 0. The molecule has 2 nitrogen and oxygen atoms in total. The SMILES string of the molecule is Oc1ccc2cc(-c3ccc(F)c(Cl)c3O)ccc2c1. The summed E-state index contributed by atoms with van der Waals surface area (Å²) in [6, 6.07) is 13.2. The fourth-order valence-electron chi connectivity index (χ4n) is 2.17. The van der Waals surface area contributed by atoms with Gasteiger partial charge in [0.2, 0.25) is 0 Å². The summed E-state index contributed by atoms with van der Waals surface area (Å²) in [5.74, 6) is -0.735. The van der Waals surface area contributed by atoms with Crippen LogP contribution in [-0.4, -0.2) is 10.2 Å². The average Bonchev–Trinajstić information content (AvgIpc) is 2.44. The quantitative estimate of drug-likeness (QED) is 0.681. The number of rotatable bonds is 1. The van der Waals surface area contributed by atoms with Crippen LogP contribution in [-0.2, 0) is 0 Å². The fraction of sp³-hybridized carbons (Fsp3) is 0. The van der Waals surface area contributed by atoms with Gasteiger partial charge >= 0.3 is 0 Å². The molecule has 3 rings (SSSR count). The van der Waals surface area contributed by atoms with Gasteiger partial charge in [-0.1, -0.05) is 29.8 Å². The molecule has 0 bridgehead atoms. The number of aromatic hydroxyl groups is 2. The number of fused-ring (bicyclic) bond motifs is 1. The van der Waals surface area contributed by atoms with Crippen LogP contribution >= 0.6 is 11.6 Å². The molecule has 0 aliphatic carbocycles. The molecule has 3 aromatic carbocycles. The second-order valence-corrected chi connectivity index (χ2v) is 4.88. The van der Waals surface area contributed by atoms with Gasteiger partial charge in [0.25, 0.3) is 0 Å². The molecule has 0 spiro atoms. The molecular weight excluding hydrogens is 279 g/mol. The van der Waals surface area contributed by atoms with Crippen LogP contribution in [0.1, 0.15) is 0 Å². The maximum absolute atomic E-state index is 13.3. The highest BCUT2D eigenvalue weighted by Crippen LogP contribution is 2.37. The second-order valence-electron chi connectivity index (χ2n) is 4.50. The molecule has 0 aliphatic heterocycles. The molecule has 0 amide bonds. The molecule has 3 aromatic rings. The van der Waals surface area contributed by atoms with E-state index in [4.69, 9.17) is 11.6 Å². The Morgan fingerprint density at radius 2 is 1.55 bits per heavy atom. The van der Waals surface area contributed by atoms with Gasteiger partial charge < -0.3 is 10.2 Å². The summed E-state index contributed by atoms with van der Waals surface area (Å²) < 4.78 is 13.3. The van der Waals surface area contributed by atoms with E-state index in [1.807, 2.05) is 12.1 Å². The van der Waals surface area contributed by atoms with Gasteiger partial charge in [0.1, 0.15) is 22.3 Å². The Bertz CT molecular complexity index is 815. The molecule has 0 aliphatic rings. The number of hydrogen-bond donors (Lipinski definition) is 2. The Kier molecular flexibility index (Phi) is 2.99. The summed E-state index contributed by atoms with van der Waals surface area (Å²) in [7, 11) is 0. The van der Waals surface area contributed by atoms with E-state index >= 15 is 0 Å². The molecule has 4 heteroatoms. The minimum Gasteiger partial charge on any atom is -0.508 e. The lowest BCUT2D eigenvalue weighted by molar-refractivity contribution is 0.471. The number of phenolic OH excluding ortho intramolecular Hbond substituents is 2. The van der Waals surface area contributed by atoms with Crippen molar-refractivity contribution in [3.63, 3.8) is 0 Å². The molecule has 0 saturated heterocycles. The third-order valence-corrected chi connectivity index (χ3v) is 3.56. The summed E-state index contributed by atoms with van der Waals surface area (Å²) >= 11 is 5.71. The number of benzene rings is 3. The van der Waals surface area contributed by atoms with Crippen LogP contribution in [0.3, 0.4) is 0 Å². The Balaban J connectivity index is 2.20. The molecule has 0 atom stereocenters. The van der Waals surface area contributed by atoms with Crippen molar-refractivity contribution in [2.24, 2.45) is 0 Å². The van der Waals surface area contributed by atoms with E-state index in [1.54, 1.807) is 24.3 Å². The lowest BCUT2D eigenvalue weighted by Crippen LogP contribution is -1.84. The van der Waals surface area contributed by atoms with Crippen molar-refractivity contribution in [3.05, 3.63) is 59.4 Å². The average molecular weight is 289 g/mol. The highest BCUT2D eigenvalue weighted by Gasteiger charge is 2.12. The predicted octanol–water partition coefficient (Wildman–Crippen LogP) is 4.71. The van der Waals surface area contributed by atoms with E-state index in [1.165, 1.54) is 12.1 Å². The molecule has 100 valence electrons. The second kappa shape index (κ2) is 4.69. The summed E-state index contributed by atoms with van der Waals surface area (Å²) in [5.41, 5.74) is 1.19. The van der Waals surface area contributed by atoms with Gasteiger partial charge in [-0.3, -0.25) is 0 Å². The van der Waals surface area contributed by atoms with Gasteiger partial charge in [-0.05, 0) is 46.7 Å². The third-order valence-electron chi connectivity index (χ3n) is 3.20. The van der Waals surface area contributed by atoms with Gasteiger partial charge in [0, 0.05) is 5.56 Å². The standard InChI is InChI=1S/C16H10ClFO2/c17-15-14(18)6-5-13(16(15)20)11-2-1-10-8-12(19)4-3-9(10)7-11/h1-8,19-20H. The monoisotopic (exact) mass is 288 g/mol. The van der Waals surface area contributed by atoms with E-state index in [0.717, 1.165) is 16.3 Å². The molecule has 0 saturated carbocycles. The van der Waals surface area contributed by atoms with Crippen molar-refractivity contribution in [1.82, 2.24) is 0 Å². The van der Waals surface area contributed by atoms with Crippen LogP contribution < -0.4 is 0 Å². The number of halogens is 2. The highest BCUT2D eigenvalue weighted by molar-refractivity contribution is 6.32. The van der Waals surface area contributed by atoms with E-state index < -0.39 is 5.82 Å². The third kappa shape index (κ3) is 2.06. The molecule has 0 aromatic heterocycles. The first-order chi connectivity index (χ1) is 9.56. The molecule has 0 unspecified atom stereocenters. The van der Waals surface area contributed by atoms with Crippen LogP contribution in [0.5, 0.6) is 11.5 Å². The van der Waals surface area contributed by atoms with Crippen LogP contribution in [0, 0.1) is 5.82 Å². The smallest absolute Gasteiger partial charge is 0.145 e. The predicted molar refractivity (Wildman–Crippen MR) is 77.7 cm³/mol. The van der Waals surface area contributed by atoms with E-state index in [0.29, 0.717) is 5.56 Å². The van der Waals surface area contributed by atoms with Crippen LogP contribution in [0.15, 0.2) is 48.5 Å². The minimum atomic E-state index is -0.654. The zero-order valence-electron chi connectivity index (χ0n) is 10.3. The lowest BCUT2D eigenvalue weighted by atomic mass is 10.0. The van der Waals surface area contributed by atoms with Crippen LogP contribution in [0.4, 0.5) is 4.39 Å². The first-order valence-corrected chi connectivity index (χ1v) is 6.34. The van der Waals surface area contributed by atoms with Crippen LogP contribution in [0.2, 0.25) is 5.02 Å². The van der Waals surface area contributed by atoms with Gasteiger partial charge in [0.05, 0.1) is 0 Å². The van der Waals surface area contributed by atoms with Crippen molar-refractivity contribution >= 4 is 22.4 Å². The largest absolute Gasteiger partial charge is 0.508 e. The molecule has 0 heterocycles. The maximum atomic E-state index is 13.3. The lowest BCUT2D eigenvalue weighted by Gasteiger charge is -2.08. The van der Waals surface area contributed by atoms with Crippen LogP contribution in [0.25, 0.3) is 21.9 Å². The first kappa shape index (κ1) is 12.8. The van der Waals surface area contributed by atoms with E-state index in [-0.39, 0.29) is 16.5 Å². The topological polar surface area (TPSA) is 40.5 Å². The Hall–Kier alpha value is -2.26. The van der Waals surface area contributed by atoms with Crippen molar-refractivity contribution in [2.75, 3.05) is 0 Å². The Labute approximate surface area is 119 Å². The van der Waals surface area contributed by atoms with Crippen molar-refractivity contribution in [2.45, 2.75) is 0 Å². The van der Waals surface area contributed by atoms with Gasteiger partial charge in [-0.2, -0.15) is 0 Å². The van der Waals surface area contributed by atoms with Crippen molar-refractivity contribution < 1.29 is 14.6 Å². The van der Waals surface area contributed by atoms with Crippen molar-refractivity contribution in [1.29, 1.82) is 0 Å². The normalized spacial score (nSPS) is 10.9. The summed E-state index contributed by atoms with van der Waals surface area (Å²) in [5, 5.41) is 20.9. The van der Waals surface area contributed by atoms with E-state index in [9.17, 15) is 14.6 Å². The zero-order valence-corrected chi connectivity index (χ0v) is 11.0. The Morgan fingerprint density at radius 3 is 2.35 bits per heavy atom. The first-order valence-electron chi connectivity index (χ1n) is 5.96. The van der Waals surface area contributed by atoms with Gasteiger partial charge in [-0.15, -0.1) is 0 Å².